The van der Waals surface area contributed by atoms with Gasteiger partial charge < -0.3 is 13.9 Å². The lowest BCUT2D eigenvalue weighted by atomic mass is 9.88. The number of ether oxygens (including phenoxy) is 1. The van der Waals surface area contributed by atoms with Crippen molar-refractivity contribution in [1.82, 2.24) is 23.3 Å². The number of hydrogen-bond donors (Lipinski definition) is 0. The number of rotatable bonds is 8. The molecule has 0 atom stereocenters. The Labute approximate surface area is 428 Å². The zero-order valence-corrected chi connectivity index (χ0v) is 41.5. The molecule has 5 aromatic heterocycles. The third-order valence-corrected chi connectivity index (χ3v) is 14.8. The van der Waals surface area contributed by atoms with E-state index >= 15 is 0 Å². The van der Waals surface area contributed by atoms with E-state index in [1.807, 2.05) is 22.9 Å². The third-order valence-electron chi connectivity index (χ3n) is 14.8. The molecule has 0 aliphatic rings. The van der Waals surface area contributed by atoms with E-state index in [2.05, 4.69) is 265 Å². The molecule has 0 N–H and O–H groups in total. The molecule has 74 heavy (non-hydrogen) atoms. The number of hydrogen-bond acceptors (Lipinski definition) is 2. The first-order chi connectivity index (χ1) is 36.3. The molecule has 5 heterocycles. The molecule has 0 fully saturated rings. The van der Waals surface area contributed by atoms with Crippen molar-refractivity contribution in [2.75, 3.05) is 0 Å². The lowest BCUT2D eigenvalue weighted by molar-refractivity contribution is -0.599. The number of para-hydroxylation sites is 4. The molecule has 0 spiro atoms. The van der Waals surface area contributed by atoms with Crippen LogP contribution in [0.25, 0.3) is 111 Å². The van der Waals surface area contributed by atoms with Crippen molar-refractivity contribution in [2.45, 2.75) is 26.2 Å². The zero-order chi connectivity index (χ0) is 49.7. The minimum absolute atomic E-state index is 0.112. The summed E-state index contributed by atoms with van der Waals surface area (Å²) in [6, 6.07) is 75.3. The molecular weight excluding hydrogens is 905 g/mol. The number of aryl methyl sites for hydroxylation is 1. The third kappa shape index (κ3) is 6.81. The van der Waals surface area contributed by atoms with Crippen LogP contribution in [0.5, 0.6) is 11.5 Å². The van der Waals surface area contributed by atoms with Crippen LogP contribution < -0.4 is 9.30 Å². The van der Waals surface area contributed by atoms with Crippen LogP contribution in [0.4, 0.5) is 0 Å². The Bertz CT molecular complexity index is 4440. The summed E-state index contributed by atoms with van der Waals surface area (Å²) in [7, 11) is 2.22. The van der Waals surface area contributed by atoms with E-state index < -0.39 is 0 Å². The van der Waals surface area contributed by atoms with Gasteiger partial charge in [-0.25, -0.2) is 4.98 Å². The SMILES string of the molecule is Cn1c2ccccc2c2c3c4ccc(Oc5cccc(-[n+]6[c-]n(-c7c(-c8ccccc8)cccc7-c7ccccc7)cc6)c5)cc4n(-c4cc(C(C)(C)C)ccn4)c3c3c(c4ccccc4n3-c3ccccc3)c21. The van der Waals surface area contributed by atoms with Crippen LogP contribution in [-0.2, 0) is 12.5 Å². The van der Waals surface area contributed by atoms with Gasteiger partial charge in [-0.2, -0.15) is 0 Å². The number of benzene rings is 9. The van der Waals surface area contributed by atoms with Gasteiger partial charge in [0.15, 0.2) is 0 Å². The molecule has 0 saturated carbocycles. The second-order valence-electron chi connectivity index (χ2n) is 20.3. The monoisotopic (exact) mass is 954 g/mol. The average Bonchev–Trinajstić information content (AvgIpc) is 4.38. The molecule has 14 rings (SSSR count). The summed E-state index contributed by atoms with van der Waals surface area (Å²) in [4.78, 5) is 5.23. The number of nitrogens with zero attached hydrogens (tertiary/aromatic N) is 6. The van der Waals surface area contributed by atoms with Gasteiger partial charge in [0, 0.05) is 75.2 Å². The maximum atomic E-state index is 6.97. The molecule has 0 unspecified atom stereocenters. The van der Waals surface area contributed by atoms with Crippen LogP contribution in [0.1, 0.15) is 26.3 Å². The number of pyridine rings is 1. The summed E-state index contributed by atoms with van der Waals surface area (Å²) < 4.78 is 18.4. The van der Waals surface area contributed by atoms with Crippen LogP contribution in [0, 0.1) is 6.33 Å². The highest BCUT2D eigenvalue weighted by Gasteiger charge is 2.29. The van der Waals surface area contributed by atoms with Gasteiger partial charge in [-0.3, -0.25) is 13.7 Å². The van der Waals surface area contributed by atoms with E-state index in [1.165, 1.54) is 43.5 Å². The Morgan fingerprint density at radius 3 is 1.81 bits per heavy atom. The molecule has 7 nitrogen and oxygen atoms in total. The molecule has 0 saturated heterocycles. The maximum absolute atomic E-state index is 6.97. The second-order valence-corrected chi connectivity index (χ2v) is 20.3. The summed E-state index contributed by atoms with van der Waals surface area (Å²) in [5, 5.41) is 7.14. The van der Waals surface area contributed by atoms with E-state index in [-0.39, 0.29) is 5.41 Å². The van der Waals surface area contributed by atoms with Crippen LogP contribution >= 0.6 is 0 Å². The Kier molecular flexibility index (Phi) is 9.85. The maximum Gasteiger partial charge on any atom is 0.268 e. The van der Waals surface area contributed by atoms with Gasteiger partial charge in [-0.15, -0.1) is 0 Å². The van der Waals surface area contributed by atoms with Gasteiger partial charge in [0.25, 0.3) is 6.33 Å². The molecule has 0 bridgehead atoms. The fourth-order valence-electron chi connectivity index (χ4n) is 11.5. The lowest BCUT2D eigenvalue weighted by Crippen LogP contribution is -2.28. The van der Waals surface area contributed by atoms with Crippen LogP contribution in [-0.4, -0.2) is 23.3 Å². The molecule has 0 amide bonds. The van der Waals surface area contributed by atoms with Crippen molar-refractivity contribution in [3.63, 3.8) is 0 Å². The van der Waals surface area contributed by atoms with Gasteiger partial charge in [-0.05, 0) is 100.0 Å². The summed E-state index contributed by atoms with van der Waals surface area (Å²) in [6.07, 6.45) is 9.77. The largest absolute Gasteiger partial charge is 0.458 e. The summed E-state index contributed by atoms with van der Waals surface area (Å²) in [6.45, 7) is 6.79. The van der Waals surface area contributed by atoms with Gasteiger partial charge in [0.2, 0.25) is 0 Å². The van der Waals surface area contributed by atoms with E-state index in [4.69, 9.17) is 9.72 Å². The highest BCUT2D eigenvalue weighted by Crippen LogP contribution is 2.50. The van der Waals surface area contributed by atoms with Crippen LogP contribution in [0.2, 0.25) is 0 Å². The zero-order valence-electron chi connectivity index (χ0n) is 41.5. The van der Waals surface area contributed by atoms with Crippen molar-refractivity contribution < 1.29 is 9.30 Å². The van der Waals surface area contributed by atoms with Gasteiger partial charge in [-0.1, -0.05) is 160 Å². The van der Waals surface area contributed by atoms with E-state index in [0.29, 0.717) is 5.75 Å². The van der Waals surface area contributed by atoms with Gasteiger partial charge in [0.05, 0.1) is 39.0 Å². The average molecular weight is 955 g/mol. The molecule has 0 aliphatic carbocycles. The molecular formula is C67H50N6O. The van der Waals surface area contributed by atoms with Crippen molar-refractivity contribution in [3.05, 3.63) is 243 Å². The first kappa shape index (κ1) is 43.3. The van der Waals surface area contributed by atoms with E-state index in [0.717, 1.165) is 78.3 Å². The Balaban J connectivity index is 0.979. The Morgan fingerprint density at radius 1 is 0.500 bits per heavy atom. The quantitative estimate of drug-likeness (QED) is 0.113. The molecule has 14 aromatic rings. The number of fused-ring (bicyclic) bond motifs is 12. The van der Waals surface area contributed by atoms with Crippen molar-refractivity contribution >= 4 is 65.4 Å². The highest BCUT2D eigenvalue weighted by molar-refractivity contribution is 6.40. The Morgan fingerprint density at radius 2 is 1.09 bits per heavy atom. The lowest BCUT2D eigenvalue weighted by Gasteiger charge is -2.20. The Hall–Kier alpha value is -9.46. The van der Waals surface area contributed by atoms with Crippen LogP contribution in [0.15, 0.2) is 231 Å². The van der Waals surface area contributed by atoms with Gasteiger partial charge >= 0.3 is 0 Å². The second kappa shape index (κ2) is 16.8. The predicted octanol–water partition coefficient (Wildman–Crippen LogP) is 16.2. The van der Waals surface area contributed by atoms with E-state index in [9.17, 15) is 0 Å². The fraction of sp³-hybridized carbons (Fsp3) is 0.0746. The number of imidazole rings is 1. The first-order valence-electron chi connectivity index (χ1n) is 25.3. The minimum atomic E-state index is -0.112. The van der Waals surface area contributed by atoms with Crippen molar-refractivity contribution in [3.8, 4) is 56.6 Å². The molecule has 0 aliphatic heterocycles. The smallest absolute Gasteiger partial charge is 0.268 e. The van der Waals surface area contributed by atoms with Gasteiger partial charge in [0.1, 0.15) is 17.3 Å². The highest BCUT2D eigenvalue weighted by atomic mass is 16.5. The summed E-state index contributed by atoms with van der Waals surface area (Å²) in [5.74, 6) is 2.28. The van der Waals surface area contributed by atoms with E-state index in [1.54, 1.807) is 0 Å². The fourth-order valence-corrected chi connectivity index (χ4v) is 11.5. The molecule has 7 heteroatoms. The van der Waals surface area contributed by atoms with Crippen LogP contribution in [0.3, 0.4) is 0 Å². The minimum Gasteiger partial charge on any atom is -0.458 e. The number of aromatic nitrogens is 6. The molecule has 354 valence electrons. The standard InChI is InChI=1S/C67H50N6O/c1-67(2,3)46-36-37-68-59(40-46)73-58-42-50(74-49-27-18-26-48(41-49)70-38-39-71(43-70)63-51(44-20-8-5-9-21-44)30-19-31-52(63)45-22-10-6-11-23-45)34-35-55(58)61-60-53-28-14-16-32-56(53)69(4)64(60)62-54-29-15-17-33-57(54)72(66(62)65(61)73)47-24-12-7-13-25-47/h5-42H,1-4H3. The summed E-state index contributed by atoms with van der Waals surface area (Å²) >= 11 is 0. The normalized spacial score (nSPS) is 12.1. The molecule has 0 radical (unpaired) electrons. The van der Waals surface area contributed by atoms with Crippen molar-refractivity contribution in [1.29, 1.82) is 0 Å². The molecule has 9 aromatic carbocycles. The predicted molar refractivity (Wildman–Crippen MR) is 303 cm³/mol. The first-order valence-corrected chi connectivity index (χ1v) is 25.3. The van der Waals surface area contributed by atoms with Crippen molar-refractivity contribution in [2.24, 2.45) is 7.05 Å². The topological polar surface area (TPSA) is 45.7 Å². The summed E-state index contributed by atoms with van der Waals surface area (Å²) in [5.41, 5.74) is 15.5.